The molecule has 0 atom stereocenters. The maximum absolute atomic E-state index is 13.3. The van der Waals surface area contributed by atoms with Crippen LogP contribution in [0.3, 0.4) is 0 Å². The first kappa shape index (κ1) is 16.0. The lowest BCUT2D eigenvalue weighted by Crippen LogP contribution is -2.13. The number of aromatic nitrogens is 5. The summed E-state index contributed by atoms with van der Waals surface area (Å²) >= 11 is 0.946. The topological polar surface area (TPSA) is 94.3 Å². The second kappa shape index (κ2) is 6.44. The number of pyridine rings is 2. The maximum atomic E-state index is 13.3. The van der Waals surface area contributed by atoms with Crippen molar-refractivity contribution in [1.29, 1.82) is 0 Å². The van der Waals surface area contributed by atoms with Crippen LogP contribution in [-0.2, 0) is 0 Å². The van der Waals surface area contributed by atoms with E-state index >= 15 is 0 Å². The fourth-order valence-corrected chi connectivity index (χ4v) is 2.75. The van der Waals surface area contributed by atoms with Gasteiger partial charge in [-0.15, -0.1) is 21.5 Å². The minimum atomic E-state index is -0.686. The van der Waals surface area contributed by atoms with Gasteiger partial charge in [-0.3, -0.25) is 19.5 Å². The first-order valence-corrected chi connectivity index (χ1v) is 8.00. The highest BCUT2D eigenvalue weighted by Gasteiger charge is 2.17. The van der Waals surface area contributed by atoms with Gasteiger partial charge < -0.3 is 4.74 Å². The summed E-state index contributed by atoms with van der Waals surface area (Å²) in [6, 6.07) is 2.57. The number of carbonyl (C=O) groups is 1. The van der Waals surface area contributed by atoms with E-state index in [-0.39, 0.29) is 27.8 Å². The van der Waals surface area contributed by atoms with E-state index in [4.69, 9.17) is 4.74 Å². The van der Waals surface area contributed by atoms with Gasteiger partial charge in [-0.05, 0) is 6.07 Å². The molecule has 0 radical (unpaired) electrons. The molecule has 8 nitrogen and oxygen atoms in total. The zero-order chi connectivity index (χ0) is 18.1. The van der Waals surface area contributed by atoms with Gasteiger partial charge in [0.2, 0.25) is 5.95 Å². The molecule has 0 aliphatic heterocycles. The number of ether oxygens (including phenoxy) is 1. The molecule has 0 bridgehead atoms. The highest BCUT2D eigenvalue weighted by atomic mass is 32.1. The number of hydrogen-bond donors (Lipinski definition) is 1. The van der Waals surface area contributed by atoms with Crippen molar-refractivity contribution < 1.29 is 18.3 Å². The molecule has 1 N–H and O–H groups in total. The number of amides is 1. The van der Waals surface area contributed by atoms with Crippen LogP contribution >= 0.6 is 11.3 Å². The number of thiazole rings is 1. The average molecular weight is 374 g/mol. The molecule has 0 saturated carbocycles. The molecule has 4 aromatic heterocycles. The van der Waals surface area contributed by atoms with Crippen molar-refractivity contribution in [2.45, 2.75) is 0 Å². The third-order valence-corrected chi connectivity index (χ3v) is 3.95. The van der Waals surface area contributed by atoms with Crippen LogP contribution in [0.1, 0.15) is 10.4 Å². The molecule has 1 amide bonds. The maximum Gasteiger partial charge on any atom is 0.261 e. The minimum Gasteiger partial charge on any atom is -0.454 e. The van der Waals surface area contributed by atoms with Crippen LogP contribution in [0.15, 0.2) is 42.4 Å². The van der Waals surface area contributed by atoms with Crippen LogP contribution in [0.5, 0.6) is 11.5 Å². The van der Waals surface area contributed by atoms with Gasteiger partial charge in [0, 0.05) is 11.4 Å². The lowest BCUT2D eigenvalue weighted by Gasteiger charge is -2.09. The van der Waals surface area contributed by atoms with Gasteiger partial charge in [-0.2, -0.15) is 9.37 Å². The predicted octanol–water partition coefficient (Wildman–Crippen LogP) is 2.90. The molecule has 0 unspecified atom stereocenters. The molecule has 0 spiro atoms. The molecule has 11 heteroatoms. The van der Waals surface area contributed by atoms with E-state index in [1.807, 2.05) is 0 Å². The summed E-state index contributed by atoms with van der Waals surface area (Å²) in [5, 5.41) is 11.4. The van der Waals surface area contributed by atoms with Gasteiger partial charge in [-0.1, -0.05) is 0 Å². The Hall–Kier alpha value is -3.47. The first-order valence-electron chi connectivity index (χ1n) is 7.12. The Balaban J connectivity index is 1.69. The van der Waals surface area contributed by atoms with Crippen LogP contribution in [0.4, 0.5) is 13.9 Å². The summed E-state index contributed by atoms with van der Waals surface area (Å²) in [4.78, 5) is 19.8. The van der Waals surface area contributed by atoms with E-state index in [2.05, 4.69) is 25.5 Å². The van der Waals surface area contributed by atoms with Gasteiger partial charge in [-0.25, -0.2) is 4.39 Å². The zero-order valence-corrected chi connectivity index (χ0v) is 13.6. The first-order chi connectivity index (χ1) is 12.6. The zero-order valence-electron chi connectivity index (χ0n) is 12.8. The van der Waals surface area contributed by atoms with Gasteiger partial charge >= 0.3 is 0 Å². The molecule has 26 heavy (non-hydrogen) atoms. The number of nitrogens with zero attached hydrogens (tertiary/aromatic N) is 5. The lowest BCUT2D eigenvalue weighted by atomic mass is 10.2. The van der Waals surface area contributed by atoms with Gasteiger partial charge in [0.05, 0.1) is 24.2 Å². The molecule has 0 aromatic carbocycles. The Morgan fingerprint density at radius 3 is 2.88 bits per heavy atom. The number of nitrogens with one attached hydrogen (secondary N) is 1. The molecule has 0 aliphatic rings. The Kier molecular flexibility index (Phi) is 3.97. The van der Waals surface area contributed by atoms with E-state index in [1.165, 1.54) is 34.6 Å². The quantitative estimate of drug-likeness (QED) is 0.590. The summed E-state index contributed by atoms with van der Waals surface area (Å²) < 4.78 is 33.3. The average Bonchev–Trinajstić information content (AvgIpc) is 3.23. The van der Waals surface area contributed by atoms with Crippen LogP contribution in [0, 0.1) is 11.8 Å². The summed E-state index contributed by atoms with van der Waals surface area (Å²) in [6.07, 6.45) is 5.28. The van der Waals surface area contributed by atoms with Crippen LogP contribution in [-0.4, -0.2) is 30.5 Å². The van der Waals surface area contributed by atoms with Crippen molar-refractivity contribution in [3.63, 3.8) is 0 Å². The van der Waals surface area contributed by atoms with Crippen molar-refractivity contribution in [2.24, 2.45) is 0 Å². The summed E-state index contributed by atoms with van der Waals surface area (Å²) in [6.45, 7) is 0. The van der Waals surface area contributed by atoms with E-state index in [9.17, 15) is 13.6 Å². The standard InChI is InChI=1S/C15H8F2N6O2S/c16-8-1-9(4-18-3-8)25-10-2-11(13-22-19-7-23(13)5-10)14(24)21-15-20-12(17)6-26-15/h1-7H,(H,20,21,24). The molecule has 4 aromatic rings. The monoisotopic (exact) mass is 374 g/mol. The van der Waals surface area contributed by atoms with Crippen molar-refractivity contribution in [2.75, 3.05) is 5.32 Å². The van der Waals surface area contributed by atoms with Crippen LogP contribution in [0.2, 0.25) is 0 Å². The number of carbonyl (C=O) groups excluding carboxylic acids is 1. The highest BCUT2D eigenvalue weighted by molar-refractivity contribution is 7.13. The third kappa shape index (κ3) is 3.19. The Labute approximate surface area is 148 Å². The lowest BCUT2D eigenvalue weighted by molar-refractivity contribution is 0.102. The predicted molar refractivity (Wildman–Crippen MR) is 87.3 cm³/mol. The van der Waals surface area contributed by atoms with Crippen molar-refractivity contribution >= 4 is 28.0 Å². The molecule has 0 saturated heterocycles. The Morgan fingerprint density at radius 2 is 2.12 bits per heavy atom. The highest BCUT2D eigenvalue weighted by Crippen LogP contribution is 2.25. The van der Waals surface area contributed by atoms with E-state index in [1.54, 1.807) is 0 Å². The van der Waals surface area contributed by atoms with Crippen LogP contribution < -0.4 is 10.1 Å². The van der Waals surface area contributed by atoms with Gasteiger partial charge in [0.1, 0.15) is 23.6 Å². The van der Waals surface area contributed by atoms with Crippen molar-refractivity contribution in [3.05, 3.63) is 59.8 Å². The number of rotatable bonds is 4. The van der Waals surface area contributed by atoms with Crippen molar-refractivity contribution in [1.82, 2.24) is 24.6 Å². The normalized spacial score (nSPS) is 10.8. The minimum absolute atomic E-state index is 0.103. The second-order valence-corrected chi connectivity index (χ2v) is 5.88. The Bertz CT molecular complexity index is 1110. The fourth-order valence-electron chi connectivity index (χ4n) is 2.19. The number of hydrogen-bond acceptors (Lipinski definition) is 7. The molecular weight excluding hydrogens is 366 g/mol. The van der Waals surface area contributed by atoms with Crippen molar-refractivity contribution in [3.8, 4) is 11.5 Å². The molecule has 4 heterocycles. The molecule has 0 fully saturated rings. The number of halogens is 2. The molecule has 130 valence electrons. The summed E-state index contributed by atoms with van der Waals surface area (Å²) in [7, 11) is 0. The smallest absolute Gasteiger partial charge is 0.261 e. The van der Waals surface area contributed by atoms with E-state index in [0.717, 1.165) is 23.6 Å². The molecule has 0 aliphatic carbocycles. The number of anilines is 1. The fraction of sp³-hybridized carbons (Fsp3) is 0. The number of fused-ring (bicyclic) bond motifs is 1. The van der Waals surface area contributed by atoms with Gasteiger partial charge in [0.25, 0.3) is 5.91 Å². The Morgan fingerprint density at radius 1 is 1.23 bits per heavy atom. The molecule has 4 rings (SSSR count). The van der Waals surface area contributed by atoms with E-state index < -0.39 is 17.7 Å². The second-order valence-electron chi connectivity index (χ2n) is 5.02. The summed E-state index contributed by atoms with van der Waals surface area (Å²) in [5.41, 5.74) is 0.393. The summed E-state index contributed by atoms with van der Waals surface area (Å²) in [5.74, 6) is -1.42. The van der Waals surface area contributed by atoms with Gasteiger partial charge in [0.15, 0.2) is 10.8 Å². The molecular formula is C15H8F2N6O2S. The van der Waals surface area contributed by atoms with Crippen LogP contribution in [0.25, 0.3) is 5.65 Å². The SMILES string of the molecule is O=C(Nc1nc(F)cs1)c1cc(Oc2cncc(F)c2)cn2cnnc12. The largest absolute Gasteiger partial charge is 0.454 e. The van der Waals surface area contributed by atoms with E-state index in [0.29, 0.717) is 0 Å². The third-order valence-electron chi connectivity index (χ3n) is 3.22.